The van der Waals surface area contributed by atoms with Gasteiger partial charge in [-0.3, -0.25) is 0 Å². The van der Waals surface area contributed by atoms with E-state index in [9.17, 15) is 0 Å². The molecule has 17 heavy (non-hydrogen) atoms. The third-order valence-corrected chi connectivity index (χ3v) is 3.13. The van der Waals surface area contributed by atoms with Crippen LogP contribution >= 0.6 is 0 Å². The van der Waals surface area contributed by atoms with E-state index in [1.54, 1.807) is 6.08 Å². The first kappa shape index (κ1) is 16.5. The van der Waals surface area contributed by atoms with Gasteiger partial charge in [0.15, 0.2) is 0 Å². The van der Waals surface area contributed by atoms with Crippen molar-refractivity contribution < 1.29 is 0 Å². The molecular weight excluding hydrogens is 204 g/mol. The third kappa shape index (κ3) is 15.5. The summed E-state index contributed by atoms with van der Waals surface area (Å²) in [4.78, 5) is 0. The van der Waals surface area contributed by atoms with Crippen LogP contribution in [0, 0.1) is 6.58 Å². The fourth-order valence-electron chi connectivity index (χ4n) is 1.98. The average molecular weight is 235 g/mol. The fraction of sp³-hybridized carbons (Fsp3) is 0.765. The molecule has 0 aromatic carbocycles. The molecule has 0 aromatic rings. The lowest BCUT2D eigenvalue weighted by molar-refractivity contribution is 0.592. The van der Waals surface area contributed by atoms with Gasteiger partial charge in [-0.1, -0.05) is 70.3 Å². The van der Waals surface area contributed by atoms with Crippen LogP contribution in [0.5, 0.6) is 0 Å². The van der Waals surface area contributed by atoms with Crippen molar-refractivity contribution in [3.05, 3.63) is 24.8 Å². The molecule has 0 heteroatoms. The molecule has 0 bridgehead atoms. The molecule has 0 aliphatic rings. The lowest BCUT2D eigenvalue weighted by Crippen LogP contribution is -1.79. The van der Waals surface area contributed by atoms with Gasteiger partial charge in [0.1, 0.15) is 0 Å². The van der Waals surface area contributed by atoms with E-state index in [4.69, 9.17) is 6.58 Å². The van der Waals surface area contributed by atoms with Crippen LogP contribution < -0.4 is 0 Å². The quantitative estimate of drug-likeness (QED) is 0.262. The predicted octanol–water partition coefficient (Wildman–Crippen LogP) is 6.23. The van der Waals surface area contributed by atoms with E-state index < -0.39 is 0 Å². The van der Waals surface area contributed by atoms with Crippen molar-refractivity contribution in [2.45, 2.75) is 84.0 Å². The molecule has 0 nitrogen and oxygen atoms in total. The maximum atomic E-state index is 5.32. The maximum Gasteiger partial charge on any atom is -0.0347 e. The van der Waals surface area contributed by atoms with E-state index in [1.165, 1.54) is 70.6 Å². The standard InChI is InChI=1S/C17H31/c1-3-5-7-9-11-13-15-17-16-14-12-10-8-6-4-2/h1,3,13,15H,4-12,14,16-17H2,2H3. The SMILES string of the molecule is [CH]=CCCCCC=CCCCCCCCCC. The number of unbranched alkanes of at least 4 members (excludes halogenated alkanes) is 10. The van der Waals surface area contributed by atoms with Crippen LogP contribution in [0.25, 0.3) is 0 Å². The minimum absolute atomic E-state index is 1.06. The topological polar surface area (TPSA) is 0 Å². The van der Waals surface area contributed by atoms with Gasteiger partial charge in [-0.05, 0) is 38.5 Å². The molecule has 0 fully saturated rings. The van der Waals surface area contributed by atoms with Gasteiger partial charge in [0, 0.05) is 0 Å². The number of allylic oxidation sites excluding steroid dienone is 3. The van der Waals surface area contributed by atoms with Gasteiger partial charge in [0.2, 0.25) is 0 Å². The van der Waals surface area contributed by atoms with Crippen molar-refractivity contribution in [1.82, 2.24) is 0 Å². The van der Waals surface area contributed by atoms with Crippen molar-refractivity contribution in [2.75, 3.05) is 0 Å². The number of hydrogen-bond donors (Lipinski definition) is 0. The van der Waals surface area contributed by atoms with Crippen molar-refractivity contribution in [3.63, 3.8) is 0 Å². The first-order valence-corrected chi connectivity index (χ1v) is 7.60. The minimum atomic E-state index is 1.06. The largest absolute Gasteiger partial charge is 0.0885 e. The van der Waals surface area contributed by atoms with Gasteiger partial charge >= 0.3 is 0 Å². The zero-order chi connectivity index (χ0) is 12.6. The van der Waals surface area contributed by atoms with Crippen molar-refractivity contribution in [1.29, 1.82) is 0 Å². The van der Waals surface area contributed by atoms with Crippen molar-refractivity contribution in [3.8, 4) is 0 Å². The molecule has 0 saturated heterocycles. The maximum absolute atomic E-state index is 5.32. The van der Waals surface area contributed by atoms with Crippen molar-refractivity contribution >= 4 is 0 Å². The Hall–Kier alpha value is -0.520. The Bertz CT molecular complexity index is 167. The summed E-state index contributed by atoms with van der Waals surface area (Å²) < 4.78 is 0. The van der Waals surface area contributed by atoms with Crippen LogP contribution in [-0.2, 0) is 0 Å². The summed E-state index contributed by atoms with van der Waals surface area (Å²) in [6.07, 6.45) is 22.4. The lowest BCUT2D eigenvalue weighted by Gasteiger charge is -1.98. The second-order valence-corrected chi connectivity index (χ2v) is 4.90. The molecule has 0 saturated carbocycles. The van der Waals surface area contributed by atoms with Crippen LogP contribution in [-0.4, -0.2) is 0 Å². The van der Waals surface area contributed by atoms with E-state index in [2.05, 4.69) is 19.1 Å². The molecule has 0 amide bonds. The normalized spacial score (nSPS) is 11.1. The van der Waals surface area contributed by atoms with Crippen LogP contribution in [0.3, 0.4) is 0 Å². The summed E-state index contributed by atoms with van der Waals surface area (Å²) in [7, 11) is 0. The number of hydrogen-bond acceptors (Lipinski definition) is 0. The van der Waals surface area contributed by atoms with E-state index in [0.717, 1.165) is 6.42 Å². The second-order valence-electron chi connectivity index (χ2n) is 4.90. The Labute approximate surface area is 109 Å². The summed E-state index contributed by atoms with van der Waals surface area (Å²) in [5.74, 6) is 0. The highest BCUT2D eigenvalue weighted by atomic mass is 14.0. The van der Waals surface area contributed by atoms with E-state index in [1.807, 2.05) is 0 Å². The Morgan fingerprint density at radius 1 is 0.647 bits per heavy atom. The van der Waals surface area contributed by atoms with Gasteiger partial charge in [0.05, 0.1) is 0 Å². The Balaban J connectivity index is 3.01. The molecule has 0 N–H and O–H groups in total. The molecule has 1 radical (unpaired) electrons. The van der Waals surface area contributed by atoms with Gasteiger partial charge in [-0.2, -0.15) is 0 Å². The minimum Gasteiger partial charge on any atom is -0.0885 e. The van der Waals surface area contributed by atoms with E-state index in [0.29, 0.717) is 0 Å². The van der Waals surface area contributed by atoms with E-state index in [-0.39, 0.29) is 0 Å². The molecule has 0 aliphatic carbocycles. The molecule has 0 rings (SSSR count). The Kier molecular flexibility index (Phi) is 15.0. The molecule has 0 spiro atoms. The van der Waals surface area contributed by atoms with Gasteiger partial charge in [-0.25, -0.2) is 0 Å². The third-order valence-electron chi connectivity index (χ3n) is 3.13. The van der Waals surface area contributed by atoms with E-state index >= 15 is 0 Å². The molecule has 0 aromatic heterocycles. The highest BCUT2D eigenvalue weighted by Crippen LogP contribution is 2.09. The smallest absolute Gasteiger partial charge is 0.0347 e. The monoisotopic (exact) mass is 235 g/mol. The lowest BCUT2D eigenvalue weighted by atomic mass is 10.1. The predicted molar refractivity (Wildman–Crippen MR) is 79.1 cm³/mol. The van der Waals surface area contributed by atoms with Crippen LogP contribution in [0.15, 0.2) is 18.2 Å². The zero-order valence-corrected chi connectivity index (χ0v) is 11.8. The zero-order valence-electron chi connectivity index (χ0n) is 11.8. The summed E-state index contributed by atoms with van der Waals surface area (Å²) in [5.41, 5.74) is 0. The number of rotatable bonds is 13. The average Bonchev–Trinajstić information content (AvgIpc) is 2.35. The molecule has 99 valence electrons. The first-order chi connectivity index (χ1) is 8.41. The molecular formula is C17H31. The van der Waals surface area contributed by atoms with Gasteiger partial charge in [0.25, 0.3) is 0 Å². The van der Waals surface area contributed by atoms with Crippen LogP contribution in [0.1, 0.15) is 84.0 Å². The summed E-state index contributed by atoms with van der Waals surface area (Å²) in [6.45, 7) is 7.60. The Morgan fingerprint density at radius 3 is 1.71 bits per heavy atom. The summed E-state index contributed by atoms with van der Waals surface area (Å²) in [6, 6.07) is 0. The molecule has 0 heterocycles. The highest BCUT2D eigenvalue weighted by Gasteiger charge is 1.89. The summed E-state index contributed by atoms with van der Waals surface area (Å²) >= 11 is 0. The fourth-order valence-corrected chi connectivity index (χ4v) is 1.98. The van der Waals surface area contributed by atoms with Gasteiger partial charge < -0.3 is 0 Å². The Morgan fingerprint density at radius 2 is 1.12 bits per heavy atom. The van der Waals surface area contributed by atoms with Crippen LogP contribution in [0.4, 0.5) is 0 Å². The molecule has 0 atom stereocenters. The molecule has 0 aliphatic heterocycles. The molecule has 0 unspecified atom stereocenters. The van der Waals surface area contributed by atoms with Gasteiger partial charge in [-0.15, -0.1) is 0 Å². The highest BCUT2D eigenvalue weighted by molar-refractivity contribution is 4.81. The summed E-state index contributed by atoms with van der Waals surface area (Å²) in [5, 5.41) is 0. The first-order valence-electron chi connectivity index (χ1n) is 7.60. The van der Waals surface area contributed by atoms with Crippen molar-refractivity contribution in [2.24, 2.45) is 0 Å². The second kappa shape index (κ2) is 15.5. The van der Waals surface area contributed by atoms with Crippen LogP contribution in [0.2, 0.25) is 0 Å².